The smallest absolute Gasteiger partial charge is 0.388 e. The molecule has 0 bridgehead atoms. The van der Waals surface area contributed by atoms with Crippen LogP contribution in [0.1, 0.15) is 304 Å². The third-order valence-electron chi connectivity index (χ3n) is 11.7. The maximum Gasteiger partial charge on any atom is 0.423 e. The van der Waals surface area contributed by atoms with Crippen molar-refractivity contribution in [2.24, 2.45) is 0 Å². The Bertz CT molecular complexity index is 764. The van der Waals surface area contributed by atoms with Gasteiger partial charge in [-0.2, -0.15) is 0 Å². The summed E-state index contributed by atoms with van der Waals surface area (Å²) < 4.78 is 17.2. The van der Waals surface area contributed by atoms with Gasteiger partial charge < -0.3 is 14.2 Å². The summed E-state index contributed by atoms with van der Waals surface area (Å²) in [6, 6.07) is 0. The maximum atomic E-state index is 13.0. The topological polar surface area (TPSA) is 78.9 Å². The van der Waals surface area contributed by atoms with Gasteiger partial charge in [0.05, 0.1) is 6.42 Å². The Morgan fingerprint density at radius 1 is 0.263 bits per heavy atom. The van der Waals surface area contributed by atoms with Gasteiger partial charge in [0.15, 0.2) is 0 Å². The molecule has 0 aliphatic rings. The Hall–Kier alpha value is -1.59. The van der Waals surface area contributed by atoms with Gasteiger partial charge in [0.1, 0.15) is 0 Å². The lowest BCUT2D eigenvalue weighted by Crippen LogP contribution is -2.44. The van der Waals surface area contributed by atoms with Gasteiger partial charge in [-0.25, -0.2) is 0 Å². The van der Waals surface area contributed by atoms with E-state index in [1.165, 1.54) is 193 Å². The third-order valence-corrected chi connectivity index (χ3v) is 11.7. The molecule has 0 unspecified atom stereocenters. The van der Waals surface area contributed by atoms with Crippen LogP contribution in [0, 0.1) is 0 Å². The minimum atomic E-state index is -1.98. The van der Waals surface area contributed by atoms with Crippen LogP contribution >= 0.6 is 0 Å². The summed E-state index contributed by atoms with van der Waals surface area (Å²) in [4.78, 5) is 39.1. The van der Waals surface area contributed by atoms with E-state index < -0.39 is 23.9 Å². The molecular formula is C51H98O6. The summed E-state index contributed by atoms with van der Waals surface area (Å²) >= 11 is 0. The normalized spacial score (nSPS) is 11.6. The molecule has 6 heteroatoms. The van der Waals surface area contributed by atoms with Crippen LogP contribution in [0.15, 0.2) is 0 Å². The largest absolute Gasteiger partial charge is 0.423 e. The highest BCUT2D eigenvalue weighted by Crippen LogP contribution is 2.25. The van der Waals surface area contributed by atoms with Gasteiger partial charge >= 0.3 is 23.9 Å². The van der Waals surface area contributed by atoms with Crippen molar-refractivity contribution in [3.8, 4) is 0 Å². The highest BCUT2D eigenvalue weighted by Gasteiger charge is 2.41. The average Bonchev–Trinajstić information content (AvgIpc) is 3.20. The van der Waals surface area contributed by atoms with Crippen LogP contribution < -0.4 is 0 Å². The fraction of sp³-hybridized carbons (Fsp3) is 0.941. The first kappa shape index (κ1) is 55.4. The predicted molar refractivity (Wildman–Crippen MR) is 242 cm³/mol. The summed E-state index contributed by atoms with van der Waals surface area (Å²) in [6.07, 6.45) is 48.7. The lowest BCUT2D eigenvalue weighted by atomic mass is 10.0. The molecule has 0 aromatic rings. The van der Waals surface area contributed by atoms with Crippen molar-refractivity contribution >= 4 is 17.9 Å². The monoisotopic (exact) mass is 807 g/mol. The number of unbranched alkanes of at least 4 members (excludes halogenated alkanes) is 36. The minimum absolute atomic E-state index is 0.0754. The van der Waals surface area contributed by atoms with Crippen LogP contribution in [0.5, 0.6) is 0 Å². The van der Waals surface area contributed by atoms with Crippen molar-refractivity contribution in [1.82, 2.24) is 0 Å². The standard InChI is InChI=1S/C51H98O6/c1-5-9-12-15-18-21-24-27-30-33-36-39-42-45-48(52)55-51(8-4,56-49(53)46-43-40-37-34-31-28-25-22-19-16-13-10-6-2)57-50(54)47-44-41-38-35-32-29-26-23-20-17-14-11-7-3/h5-47H2,1-4H3. The second-order valence-electron chi connectivity index (χ2n) is 17.4. The van der Waals surface area contributed by atoms with Gasteiger partial charge in [-0.15, -0.1) is 0 Å². The molecule has 338 valence electrons. The molecule has 0 heterocycles. The summed E-state index contributed by atoms with van der Waals surface area (Å²) in [5.41, 5.74) is 0. The average molecular weight is 807 g/mol. The number of ether oxygens (including phenoxy) is 3. The highest BCUT2D eigenvalue weighted by molar-refractivity contribution is 5.74. The summed E-state index contributed by atoms with van der Waals surface area (Å²) in [5.74, 6) is -3.39. The Morgan fingerprint density at radius 2 is 0.421 bits per heavy atom. The molecule has 57 heavy (non-hydrogen) atoms. The van der Waals surface area contributed by atoms with E-state index in [1.54, 1.807) is 6.92 Å². The van der Waals surface area contributed by atoms with Gasteiger partial charge in [-0.05, 0) is 19.3 Å². The number of carbonyl (C=O) groups is 3. The van der Waals surface area contributed by atoms with Crippen LogP contribution in [0.25, 0.3) is 0 Å². The van der Waals surface area contributed by atoms with Crippen LogP contribution in [-0.4, -0.2) is 23.9 Å². The molecular weight excluding hydrogens is 709 g/mol. The molecule has 0 radical (unpaired) electrons. The number of esters is 3. The number of hydrogen-bond donors (Lipinski definition) is 0. The van der Waals surface area contributed by atoms with Crippen molar-refractivity contribution in [3.63, 3.8) is 0 Å². The molecule has 0 aromatic heterocycles. The Labute approximate surface area is 355 Å². The lowest BCUT2D eigenvalue weighted by molar-refractivity contribution is -0.331. The Balaban J connectivity index is 4.61. The molecule has 0 rings (SSSR count). The molecule has 0 saturated heterocycles. The first-order chi connectivity index (χ1) is 27.9. The van der Waals surface area contributed by atoms with E-state index >= 15 is 0 Å². The first-order valence-electron chi connectivity index (χ1n) is 25.6. The van der Waals surface area contributed by atoms with E-state index in [2.05, 4.69) is 20.8 Å². The third kappa shape index (κ3) is 39.6. The molecule has 0 saturated carbocycles. The second-order valence-corrected chi connectivity index (χ2v) is 17.4. The lowest BCUT2D eigenvalue weighted by Gasteiger charge is -2.30. The predicted octanol–water partition coefficient (Wildman–Crippen LogP) is 17.1. The van der Waals surface area contributed by atoms with Crippen LogP contribution in [0.4, 0.5) is 0 Å². The van der Waals surface area contributed by atoms with E-state index in [0.29, 0.717) is 0 Å². The molecule has 0 aromatic carbocycles. The van der Waals surface area contributed by atoms with Crippen LogP contribution in [-0.2, 0) is 28.6 Å². The molecule has 6 nitrogen and oxygen atoms in total. The van der Waals surface area contributed by atoms with Crippen molar-refractivity contribution in [2.45, 2.75) is 310 Å². The van der Waals surface area contributed by atoms with E-state index in [4.69, 9.17) is 14.2 Å². The second kappa shape index (κ2) is 44.0. The zero-order valence-corrected chi connectivity index (χ0v) is 38.9. The SMILES string of the molecule is CCCCCCCCCCCCCCCC(=O)OC(CC)(OC(=O)CCCCCCCCCCCCCCC)OC(=O)CCCCCCCCCCCCCCC. The fourth-order valence-electron chi connectivity index (χ4n) is 7.81. The van der Waals surface area contributed by atoms with Gasteiger partial charge in [-0.3, -0.25) is 14.4 Å². The zero-order valence-electron chi connectivity index (χ0n) is 38.9. The summed E-state index contributed by atoms with van der Waals surface area (Å²) in [5, 5.41) is 0. The molecule has 0 atom stereocenters. The van der Waals surface area contributed by atoms with Gasteiger partial charge in [-0.1, -0.05) is 259 Å². The molecule has 0 spiro atoms. The number of carbonyl (C=O) groups excluding carboxylic acids is 3. The summed E-state index contributed by atoms with van der Waals surface area (Å²) in [6.45, 7) is 8.54. The van der Waals surface area contributed by atoms with Crippen molar-refractivity contribution in [2.75, 3.05) is 0 Å². The van der Waals surface area contributed by atoms with E-state index in [-0.39, 0.29) is 25.7 Å². The van der Waals surface area contributed by atoms with E-state index in [9.17, 15) is 14.4 Å². The molecule has 0 aliphatic heterocycles. The van der Waals surface area contributed by atoms with Gasteiger partial charge in [0, 0.05) is 19.3 Å². The highest BCUT2D eigenvalue weighted by atomic mass is 16.9. The van der Waals surface area contributed by atoms with Crippen molar-refractivity contribution < 1.29 is 28.6 Å². The molecule has 0 fully saturated rings. The van der Waals surface area contributed by atoms with Crippen LogP contribution in [0.3, 0.4) is 0 Å². The van der Waals surface area contributed by atoms with Crippen molar-refractivity contribution in [1.29, 1.82) is 0 Å². The molecule has 0 aliphatic carbocycles. The zero-order chi connectivity index (χ0) is 41.8. The Morgan fingerprint density at radius 3 is 0.579 bits per heavy atom. The maximum absolute atomic E-state index is 13.0. The number of rotatable bonds is 46. The quantitative estimate of drug-likeness (QED) is 0.0346. The Kier molecular flexibility index (Phi) is 42.7. The fourth-order valence-corrected chi connectivity index (χ4v) is 7.81. The van der Waals surface area contributed by atoms with Gasteiger partial charge in [0.2, 0.25) is 0 Å². The summed E-state index contributed by atoms with van der Waals surface area (Å²) in [7, 11) is 0. The van der Waals surface area contributed by atoms with Gasteiger partial charge in [0.25, 0.3) is 0 Å². The molecule has 0 N–H and O–H groups in total. The van der Waals surface area contributed by atoms with E-state index in [1.807, 2.05) is 0 Å². The van der Waals surface area contributed by atoms with Crippen LogP contribution in [0.2, 0.25) is 0 Å². The van der Waals surface area contributed by atoms with E-state index in [0.717, 1.165) is 57.8 Å². The first-order valence-corrected chi connectivity index (χ1v) is 25.6. The minimum Gasteiger partial charge on any atom is -0.388 e. The van der Waals surface area contributed by atoms with Crippen molar-refractivity contribution in [3.05, 3.63) is 0 Å². The molecule has 0 amide bonds. The number of hydrogen-bond acceptors (Lipinski definition) is 6.